The summed E-state index contributed by atoms with van der Waals surface area (Å²) in [6, 6.07) is 0. The molecule has 0 aliphatic carbocycles. The summed E-state index contributed by atoms with van der Waals surface area (Å²) in [5.41, 5.74) is 1.16. The standard InChI is InChI=1S/C12H20ClN3O3S/c1-9-12(10(2)16(14-9)7-5-13)20(17,18)15-6-4-11(8-15)19-3/h11H,4-8H2,1-3H3. The highest BCUT2D eigenvalue weighted by molar-refractivity contribution is 7.89. The van der Waals surface area contributed by atoms with Gasteiger partial charge < -0.3 is 4.74 Å². The zero-order valence-corrected chi connectivity index (χ0v) is 13.5. The molecule has 2 heterocycles. The van der Waals surface area contributed by atoms with Gasteiger partial charge in [-0.15, -0.1) is 11.6 Å². The average Bonchev–Trinajstić information content (AvgIpc) is 2.96. The van der Waals surface area contributed by atoms with Crippen molar-refractivity contribution in [3.05, 3.63) is 11.4 Å². The summed E-state index contributed by atoms with van der Waals surface area (Å²) < 4.78 is 33.8. The lowest BCUT2D eigenvalue weighted by molar-refractivity contribution is 0.115. The van der Waals surface area contributed by atoms with Crippen LogP contribution in [-0.4, -0.2) is 54.7 Å². The van der Waals surface area contributed by atoms with Gasteiger partial charge in [0, 0.05) is 26.1 Å². The molecule has 1 aromatic heterocycles. The van der Waals surface area contributed by atoms with Crippen LogP contribution in [0.2, 0.25) is 0 Å². The highest BCUT2D eigenvalue weighted by atomic mass is 35.5. The molecule has 2 rings (SSSR count). The van der Waals surface area contributed by atoms with Crippen molar-refractivity contribution < 1.29 is 13.2 Å². The molecule has 1 fully saturated rings. The molecule has 6 nitrogen and oxygen atoms in total. The molecule has 0 bridgehead atoms. The molecule has 8 heteroatoms. The Morgan fingerprint density at radius 1 is 1.45 bits per heavy atom. The molecule has 0 radical (unpaired) electrons. The largest absolute Gasteiger partial charge is 0.380 e. The predicted molar refractivity (Wildman–Crippen MR) is 76.6 cm³/mol. The number of methoxy groups -OCH3 is 1. The minimum atomic E-state index is -3.51. The Kier molecular flexibility index (Phi) is 4.73. The van der Waals surface area contributed by atoms with E-state index in [1.54, 1.807) is 25.6 Å². The fourth-order valence-corrected chi connectivity index (χ4v) is 4.61. The highest BCUT2D eigenvalue weighted by Crippen LogP contribution is 2.27. The van der Waals surface area contributed by atoms with Crippen LogP contribution < -0.4 is 0 Å². The second-order valence-electron chi connectivity index (χ2n) is 4.92. The maximum Gasteiger partial charge on any atom is 0.246 e. The Morgan fingerprint density at radius 3 is 2.70 bits per heavy atom. The Bertz CT molecular complexity index is 585. The van der Waals surface area contributed by atoms with E-state index >= 15 is 0 Å². The molecule has 1 aromatic rings. The normalized spacial score (nSPS) is 20.7. The van der Waals surface area contributed by atoms with E-state index in [4.69, 9.17) is 16.3 Å². The quantitative estimate of drug-likeness (QED) is 0.763. The van der Waals surface area contributed by atoms with Crippen molar-refractivity contribution in [1.82, 2.24) is 14.1 Å². The van der Waals surface area contributed by atoms with E-state index in [-0.39, 0.29) is 6.10 Å². The minimum Gasteiger partial charge on any atom is -0.380 e. The molecule has 1 unspecified atom stereocenters. The van der Waals surface area contributed by atoms with Gasteiger partial charge in [-0.1, -0.05) is 0 Å². The van der Waals surface area contributed by atoms with E-state index in [9.17, 15) is 8.42 Å². The first-order valence-electron chi connectivity index (χ1n) is 6.54. The summed E-state index contributed by atoms with van der Waals surface area (Å²) in [6.07, 6.45) is 0.701. The van der Waals surface area contributed by atoms with Crippen molar-refractivity contribution in [2.75, 3.05) is 26.1 Å². The average molecular weight is 322 g/mol. The first-order valence-corrected chi connectivity index (χ1v) is 8.52. The van der Waals surface area contributed by atoms with Crippen LogP contribution in [0.4, 0.5) is 0 Å². The van der Waals surface area contributed by atoms with Crippen molar-refractivity contribution in [3.63, 3.8) is 0 Å². The second-order valence-corrected chi connectivity index (χ2v) is 7.17. The number of sulfonamides is 1. The fourth-order valence-electron chi connectivity index (χ4n) is 2.59. The number of aromatic nitrogens is 2. The summed E-state index contributed by atoms with van der Waals surface area (Å²) in [5.74, 6) is 0.400. The van der Waals surface area contributed by atoms with Crippen molar-refractivity contribution in [3.8, 4) is 0 Å². The van der Waals surface area contributed by atoms with Crippen LogP contribution in [0.15, 0.2) is 4.90 Å². The van der Waals surface area contributed by atoms with Gasteiger partial charge in [0.15, 0.2) is 0 Å². The third kappa shape index (κ3) is 2.72. The number of aryl methyl sites for hydroxylation is 2. The monoisotopic (exact) mass is 321 g/mol. The third-order valence-corrected chi connectivity index (χ3v) is 5.94. The molecule has 0 spiro atoms. The van der Waals surface area contributed by atoms with E-state index in [0.29, 0.717) is 41.8 Å². The summed E-state index contributed by atoms with van der Waals surface area (Å²) in [4.78, 5) is 0.305. The van der Waals surface area contributed by atoms with Gasteiger partial charge in [-0.25, -0.2) is 8.42 Å². The number of hydrogen-bond acceptors (Lipinski definition) is 4. The highest BCUT2D eigenvalue weighted by Gasteiger charge is 2.36. The molecule has 0 N–H and O–H groups in total. The van der Waals surface area contributed by atoms with Gasteiger partial charge in [0.1, 0.15) is 4.90 Å². The molecule has 0 amide bonds. The van der Waals surface area contributed by atoms with Crippen molar-refractivity contribution in [1.29, 1.82) is 0 Å². The van der Waals surface area contributed by atoms with Crippen LogP contribution in [0.1, 0.15) is 17.8 Å². The molecule has 1 saturated heterocycles. The molecule has 0 saturated carbocycles. The summed E-state index contributed by atoms with van der Waals surface area (Å²) >= 11 is 5.71. The van der Waals surface area contributed by atoms with Crippen molar-refractivity contribution >= 4 is 21.6 Å². The van der Waals surface area contributed by atoms with E-state index in [1.165, 1.54) is 4.31 Å². The lowest BCUT2D eigenvalue weighted by atomic mass is 10.3. The summed E-state index contributed by atoms with van der Waals surface area (Å²) in [6.45, 7) is 4.88. The summed E-state index contributed by atoms with van der Waals surface area (Å²) in [5, 5.41) is 4.27. The maximum atomic E-state index is 12.7. The van der Waals surface area contributed by atoms with E-state index in [2.05, 4.69) is 5.10 Å². The van der Waals surface area contributed by atoms with Gasteiger partial charge in [0.2, 0.25) is 10.0 Å². The SMILES string of the molecule is COC1CCN(S(=O)(=O)c2c(C)nn(CCCl)c2C)C1. The van der Waals surface area contributed by atoms with E-state index in [0.717, 1.165) is 6.42 Å². The van der Waals surface area contributed by atoms with Crippen LogP contribution in [0.25, 0.3) is 0 Å². The zero-order chi connectivity index (χ0) is 14.9. The van der Waals surface area contributed by atoms with Crippen molar-refractivity contribution in [2.45, 2.75) is 37.8 Å². The van der Waals surface area contributed by atoms with Crippen LogP contribution in [0.5, 0.6) is 0 Å². The van der Waals surface area contributed by atoms with E-state index < -0.39 is 10.0 Å². The van der Waals surface area contributed by atoms with Gasteiger partial charge >= 0.3 is 0 Å². The Balaban J connectivity index is 2.35. The van der Waals surface area contributed by atoms with Crippen LogP contribution in [-0.2, 0) is 21.3 Å². The lowest BCUT2D eigenvalue weighted by Crippen LogP contribution is -2.30. The lowest BCUT2D eigenvalue weighted by Gasteiger charge is -2.16. The van der Waals surface area contributed by atoms with Crippen LogP contribution in [0, 0.1) is 13.8 Å². The van der Waals surface area contributed by atoms with Crippen LogP contribution in [0.3, 0.4) is 0 Å². The first kappa shape index (κ1) is 15.8. The smallest absolute Gasteiger partial charge is 0.246 e. The molecule has 1 aliphatic heterocycles. The third-order valence-electron chi connectivity index (χ3n) is 3.65. The molecule has 114 valence electrons. The van der Waals surface area contributed by atoms with E-state index in [1.807, 2.05) is 0 Å². The van der Waals surface area contributed by atoms with Crippen LogP contribution >= 0.6 is 11.6 Å². The number of halogens is 1. The summed E-state index contributed by atoms with van der Waals surface area (Å²) in [7, 11) is -1.91. The van der Waals surface area contributed by atoms with Gasteiger partial charge in [-0.2, -0.15) is 9.40 Å². The number of ether oxygens (including phenoxy) is 1. The number of alkyl halides is 1. The zero-order valence-electron chi connectivity index (χ0n) is 12.0. The molecular weight excluding hydrogens is 302 g/mol. The van der Waals surface area contributed by atoms with Gasteiger partial charge in [0.05, 0.1) is 24.0 Å². The van der Waals surface area contributed by atoms with Crippen molar-refractivity contribution in [2.24, 2.45) is 0 Å². The number of rotatable bonds is 5. The predicted octanol–water partition coefficient (Wildman–Crippen LogP) is 1.15. The topological polar surface area (TPSA) is 64.4 Å². The van der Waals surface area contributed by atoms with Gasteiger partial charge in [0.25, 0.3) is 0 Å². The molecule has 20 heavy (non-hydrogen) atoms. The van der Waals surface area contributed by atoms with Gasteiger partial charge in [-0.05, 0) is 20.3 Å². The molecular formula is C12H20ClN3O3S. The molecule has 0 aromatic carbocycles. The molecule has 1 atom stereocenters. The molecule has 1 aliphatic rings. The van der Waals surface area contributed by atoms with Gasteiger partial charge in [-0.3, -0.25) is 4.68 Å². The second kappa shape index (κ2) is 6.01. The minimum absolute atomic E-state index is 0.0247. The first-order chi connectivity index (χ1) is 9.41. The fraction of sp³-hybridized carbons (Fsp3) is 0.750. The number of nitrogens with zero attached hydrogens (tertiary/aromatic N) is 3. The Hall–Kier alpha value is -0.630. The maximum absolute atomic E-state index is 12.7. The Morgan fingerprint density at radius 2 is 2.15 bits per heavy atom. The Labute approximate surface area is 124 Å². The number of hydrogen-bond donors (Lipinski definition) is 0.